The van der Waals surface area contributed by atoms with Crippen molar-refractivity contribution in [3.63, 3.8) is 0 Å². The van der Waals surface area contributed by atoms with Crippen molar-refractivity contribution in [3.05, 3.63) is 54.2 Å². The number of carbonyl (C=O) groups is 1. The summed E-state index contributed by atoms with van der Waals surface area (Å²) in [5, 5.41) is 14.5. The van der Waals surface area contributed by atoms with Crippen molar-refractivity contribution in [2.75, 3.05) is 14.2 Å². The quantitative estimate of drug-likeness (QED) is 0.595. The summed E-state index contributed by atoms with van der Waals surface area (Å²) in [6, 6.07) is 12.7. The van der Waals surface area contributed by atoms with Gasteiger partial charge in [-0.1, -0.05) is 6.07 Å². The number of nitrogens with zero attached hydrogens (tertiary/aromatic N) is 1. The van der Waals surface area contributed by atoms with Crippen LogP contribution in [0.2, 0.25) is 0 Å². The van der Waals surface area contributed by atoms with Gasteiger partial charge in [0.1, 0.15) is 0 Å². The van der Waals surface area contributed by atoms with Gasteiger partial charge >= 0.3 is 5.97 Å². The van der Waals surface area contributed by atoms with Crippen molar-refractivity contribution in [2.24, 2.45) is 0 Å². The summed E-state index contributed by atoms with van der Waals surface area (Å²) in [5.41, 5.74) is 2.96. The topological polar surface area (TPSA) is 76.5 Å². The first-order valence-electron chi connectivity index (χ1n) is 7.71. The van der Waals surface area contributed by atoms with E-state index in [2.05, 4.69) is 5.10 Å². The van der Waals surface area contributed by atoms with Crippen LogP contribution in [-0.2, 0) is 0 Å². The molecule has 0 aromatic heterocycles. The molecule has 6 nitrogen and oxygen atoms in total. The van der Waals surface area contributed by atoms with Crippen molar-refractivity contribution in [1.82, 2.24) is 9.78 Å². The van der Waals surface area contributed by atoms with Gasteiger partial charge in [-0.25, -0.2) is 4.79 Å². The summed E-state index contributed by atoms with van der Waals surface area (Å²) in [7, 11) is 3.23. The summed E-state index contributed by atoms with van der Waals surface area (Å²) in [4.78, 5) is 11.2. The second kappa shape index (κ2) is 5.59. The number of hydrogen-bond donors (Lipinski definition) is 2. The first kappa shape index (κ1) is 15.1. The lowest BCUT2D eigenvalue weighted by molar-refractivity contribution is 0.0697. The van der Waals surface area contributed by atoms with E-state index in [1.54, 1.807) is 32.4 Å². The average molecular weight is 336 g/mol. The highest BCUT2D eigenvalue weighted by molar-refractivity contribution is 6.05. The predicted molar refractivity (Wildman–Crippen MR) is 94.3 cm³/mol. The van der Waals surface area contributed by atoms with Gasteiger partial charge in [-0.15, -0.1) is 0 Å². The Hall–Kier alpha value is -3.41. The Labute approximate surface area is 143 Å². The van der Waals surface area contributed by atoms with Crippen molar-refractivity contribution in [3.8, 4) is 28.4 Å². The van der Waals surface area contributed by atoms with Gasteiger partial charge in [0.05, 0.1) is 31.2 Å². The number of fused-ring (bicyclic) bond motifs is 3. The Morgan fingerprint density at radius 1 is 1.08 bits per heavy atom. The van der Waals surface area contributed by atoms with E-state index < -0.39 is 5.97 Å². The fourth-order valence-electron chi connectivity index (χ4n) is 3.14. The lowest BCUT2D eigenvalue weighted by atomic mass is 10.2. The van der Waals surface area contributed by atoms with E-state index in [-0.39, 0.29) is 5.56 Å². The normalized spacial score (nSPS) is 11.1. The van der Waals surface area contributed by atoms with E-state index in [1.165, 1.54) is 0 Å². The summed E-state index contributed by atoms with van der Waals surface area (Å²) < 4.78 is 12.7. The molecule has 0 fully saturated rings. The van der Waals surface area contributed by atoms with Gasteiger partial charge in [-0.05, 0) is 36.4 Å². The third-order valence-corrected chi connectivity index (χ3v) is 4.31. The molecule has 0 unspecified atom stereocenters. The maximum atomic E-state index is 11.2. The number of aromatic nitrogens is 2. The minimum Gasteiger partial charge on any atom is -0.493 e. The number of aromatic carboxylic acids is 1. The standard InChI is InChI=1S/C19H16N2O4/c1-24-16-7-6-14-15(18(16)25-2)9-12-10-21(20-17(12)14)13-5-3-4-11(8-13)19(22)23/h3-10,20H,1-2H3,(H,22,23). The van der Waals surface area contributed by atoms with Crippen LogP contribution in [0.25, 0.3) is 27.7 Å². The van der Waals surface area contributed by atoms with E-state index in [0.717, 1.165) is 27.7 Å². The van der Waals surface area contributed by atoms with Gasteiger partial charge in [0.15, 0.2) is 11.5 Å². The van der Waals surface area contributed by atoms with E-state index in [9.17, 15) is 4.79 Å². The second-order valence-electron chi connectivity index (χ2n) is 5.70. The Morgan fingerprint density at radius 2 is 1.92 bits per heavy atom. The van der Waals surface area contributed by atoms with Crippen molar-refractivity contribution in [2.45, 2.75) is 0 Å². The number of benzene rings is 2. The number of H-pyrrole nitrogens is 1. The largest absolute Gasteiger partial charge is 0.493 e. The highest BCUT2D eigenvalue weighted by atomic mass is 16.5. The minimum absolute atomic E-state index is 0.246. The van der Waals surface area contributed by atoms with Crippen LogP contribution < -0.4 is 9.47 Å². The number of hydrogen-bond acceptors (Lipinski definition) is 3. The second-order valence-corrected chi connectivity index (χ2v) is 5.70. The van der Waals surface area contributed by atoms with Crippen LogP contribution in [0.1, 0.15) is 10.4 Å². The van der Waals surface area contributed by atoms with Gasteiger partial charge in [-0.2, -0.15) is 0 Å². The van der Waals surface area contributed by atoms with Crippen LogP contribution in [0.3, 0.4) is 0 Å². The average Bonchev–Trinajstić information content (AvgIpc) is 3.18. The Morgan fingerprint density at radius 3 is 2.64 bits per heavy atom. The Kier molecular flexibility index (Phi) is 3.39. The van der Waals surface area contributed by atoms with Crippen LogP contribution in [0, 0.1) is 0 Å². The lowest BCUT2D eigenvalue weighted by Crippen LogP contribution is -2.00. The fraction of sp³-hybridized carbons (Fsp3) is 0.105. The molecule has 2 aliphatic rings. The molecule has 0 amide bonds. The Balaban J connectivity index is 1.88. The molecule has 2 aromatic rings. The molecular formula is C19H16N2O4. The van der Waals surface area contributed by atoms with Gasteiger partial charge < -0.3 is 14.6 Å². The molecule has 0 radical (unpaired) electrons. The molecule has 0 saturated heterocycles. The molecule has 0 saturated carbocycles. The van der Waals surface area contributed by atoms with Crippen molar-refractivity contribution < 1.29 is 19.4 Å². The Bertz CT molecular complexity index is 1060. The molecule has 2 aromatic carbocycles. The van der Waals surface area contributed by atoms with Gasteiger partial charge in [0, 0.05) is 22.5 Å². The van der Waals surface area contributed by atoms with E-state index >= 15 is 0 Å². The van der Waals surface area contributed by atoms with Crippen molar-refractivity contribution in [1.29, 1.82) is 0 Å². The van der Waals surface area contributed by atoms with E-state index in [4.69, 9.17) is 14.6 Å². The van der Waals surface area contributed by atoms with Gasteiger partial charge in [-0.3, -0.25) is 9.78 Å². The molecule has 2 N–H and O–H groups in total. The summed E-state index contributed by atoms with van der Waals surface area (Å²) in [6.45, 7) is 0. The molecule has 0 bridgehead atoms. The highest BCUT2D eigenvalue weighted by Gasteiger charge is 2.19. The van der Waals surface area contributed by atoms with Crippen LogP contribution in [0.4, 0.5) is 0 Å². The molecule has 126 valence electrons. The molecule has 1 aliphatic heterocycles. The zero-order valence-corrected chi connectivity index (χ0v) is 13.7. The van der Waals surface area contributed by atoms with Crippen LogP contribution in [0.15, 0.2) is 48.7 Å². The number of carboxylic acid groups (broad SMARTS) is 1. The molecule has 0 spiro atoms. The number of nitrogens with one attached hydrogen (secondary N) is 1. The van der Waals surface area contributed by atoms with Crippen molar-refractivity contribution >= 4 is 16.7 Å². The van der Waals surface area contributed by atoms with E-state index in [1.807, 2.05) is 35.1 Å². The summed E-state index contributed by atoms with van der Waals surface area (Å²) in [6.07, 6.45) is 1.93. The van der Waals surface area contributed by atoms with Gasteiger partial charge in [0.2, 0.25) is 0 Å². The minimum atomic E-state index is -0.949. The first-order valence-corrected chi connectivity index (χ1v) is 7.71. The summed E-state index contributed by atoms with van der Waals surface area (Å²) >= 11 is 0. The molecule has 1 heterocycles. The maximum Gasteiger partial charge on any atom is 0.335 e. The predicted octanol–water partition coefficient (Wildman–Crippen LogP) is 3.78. The van der Waals surface area contributed by atoms with Crippen LogP contribution >= 0.6 is 0 Å². The number of carboxylic acids is 1. The SMILES string of the molecule is COc1ccc2c3[nH]n(-c4cccc(C(=O)O)c4)cc-3cc2c1OC. The molecule has 25 heavy (non-hydrogen) atoms. The number of aromatic amines is 1. The molecule has 4 rings (SSSR count). The number of methoxy groups -OCH3 is 2. The van der Waals surface area contributed by atoms with Crippen LogP contribution in [-0.4, -0.2) is 35.1 Å². The number of rotatable bonds is 4. The van der Waals surface area contributed by atoms with Gasteiger partial charge in [0.25, 0.3) is 0 Å². The number of ether oxygens (including phenoxy) is 2. The zero-order chi connectivity index (χ0) is 17.6. The lowest BCUT2D eigenvalue weighted by Gasteiger charge is -2.08. The van der Waals surface area contributed by atoms with E-state index in [0.29, 0.717) is 11.5 Å². The molecule has 1 aliphatic carbocycles. The monoisotopic (exact) mass is 336 g/mol. The highest BCUT2D eigenvalue weighted by Crippen LogP contribution is 2.42. The fourth-order valence-corrected chi connectivity index (χ4v) is 3.14. The third kappa shape index (κ3) is 2.30. The zero-order valence-electron chi connectivity index (χ0n) is 13.7. The molecular weight excluding hydrogens is 320 g/mol. The summed E-state index contributed by atoms with van der Waals surface area (Å²) in [5.74, 6) is 0.434. The molecule has 6 heteroatoms. The third-order valence-electron chi connectivity index (χ3n) is 4.31. The first-order chi connectivity index (χ1) is 12.1. The van der Waals surface area contributed by atoms with Crippen LogP contribution in [0.5, 0.6) is 11.5 Å². The smallest absolute Gasteiger partial charge is 0.335 e. The molecule has 0 atom stereocenters. The maximum absolute atomic E-state index is 11.2.